The molecule has 2 aromatic carbocycles. The van der Waals surface area contributed by atoms with Gasteiger partial charge in [-0.25, -0.2) is 0 Å². The Labute approximate surface area is 179 Å². The zero-order valence-corrected chi connectivity index (χ0v) is 17.2. The number of methoxy groups -OCH3 is 2. The molecule has 0 aromatic heterocycles. The molecule has 1 aliphatic rings. The van der Waals surface area contributed by atoms with Crippen molar-refractivity contribution in [3.63, 3.8) is 0 Å². The molecule has 0 atom stereocenters. The fourth-order valence-electron chi connectivity index (χ4n) is 2.70. The van der Waals surface area contributed by atoms with Crippen molar-refractivity contribution < 1.29 is 23.8 Å². The van der Waals surface area contributed by atoms with Crippen molar-refractivity contribution >= 4 is 34.8 Å². The largest absolute Gasteiger partial charge is 0.457 e. The molecular weight excluding hydrogens is 404 g/mol. The summed E-state index contributed by atoms with van der Waals surface area (Å²) >= 11 is 5.20. The Morgan fingerprint density at radius 3 is 2.23 bits per heavy atom. The first-order chi connectivity index (χ1) is 14.5. The molecule has 2 amide bonds. The zero-order valence-electron chi connectivity index (χ0n) is 16.4. The highest BCUT2D eigenvalue weighted by molar-refractivity contribution is 7.80. The van der Waals surface area contributed by atoms with E-state index in [0.717, 1.165) is 0 Å². The number of allylic oxidation sites excluding steroid dienone is 2. The van der Waals surface area contributed by atoms with Gasteiger partial charge in [0.25, 0.3) is 11.8 Å². The van der Waals surface area contributed by atoms with E-state index in [1.807, 2.05) is 30.3 Å². The van der Waals surface area contributed by atoms with Crippen molar-refractivity contribution in [1.82, 2.24) is 5.32 Å². The van der Waals surface area contributed by atoms with Crippen LogP contribution in [0.25, 0.3) is 0 Å². The molecule has 1 fully saturated rings. The number of amides is 2. The number of carbonyl (C=O) groups excluding carboxylic acids is 2. The summed E-state index contributed by atoms with van der Waals surface area (Å²) < 4.78 is 15.8. The van der Waals surface area contributed by atoms with E-state index >= 15 is 0 Å². The lowest BCUT2D eigenvalue weighted by atomic mass is 10.1. The molecule has 2 aromatic rings. The van der Waals surface area contributed by atoms with Gasteiger partial charge < -0.3 is 14.2 Å². The molecule has 1 N–H and O–H groups in total. The highest BCUT2D eigenvalue weighted by Gasteiger charge is 2.34. The quantitative estimate of drug-likeness (QED) is 0.318. The van der Waals surface area contributed by atoms with Crippen LogP contribution in [0, 0.1) is 0 Å². The molecule has 1 aliphatic heterocycles. The van der Waals surface area contributed by atoms with Crippen molar-refractivity contribution in [1.29, 1.82) is 0 Å². The fraction of sp³-hybridized carbons (Fsp3) is 0.136. The lowest BCUT2D eigenvalue weighted by Gasteiger charge is -2.28. The highest BCUT2D eigenvalue weighted by Crippen LogP contribution is 2.26. The number of nitrogens with zero attached hydrogens (tertiary/aromatic N) is 1. The summed E-state index contributed by atoms with van der Waals surface area (Å²) in [7, 11) is 2.96. The Bertz CT molecular complexity index is 982. The molecule has 7 nitrogen and oxygen atoms in total. The second-order valence-corrected chi connectivity index (χ2v) is 6.50. The Hall–Kier alpha value is -3.33. The average Bonchev–Trinajstić information content (AvgIpc) is 2.75. The number of ether oxygens (including phenoxy) is 3. The van der Waals surface area contributed by atoms with Crippen LogP contribution in [0.2, 0.25) is 0 Å². The Kier molecular flexibility index (Phi) is 7.08. The van der Waals surface area contributed by atoms with Crippen LogP contribution in [-0.2, 0) is 19.1 Å². The molecule has 0 unspecified atom stereocenters. The normalized spacial score (nSPS) is 15.9. The van der Waals surface area contributed by atoms with Crippen LogP contribution >= 0.6 is 12.2 Å². The number of hydrogen-bond donors (Lipinski definition) is 1. The van der Waals surface area contributed by atoms with E-state index in [4.69, 9.17) is 26.4 Å². The topological polar surface area (TPSA) is 77.1 Å². The van der Waals surface area contributed by atoms with Crippen LogP contribution in [-0.4, -0.2) is 37.4 Å². The predicted octanol–water partition coefficient (Wildman–Crippen LogP) is 3.33. The SMILES string of the molecule is COC(/C=C/C=C1\C(=O)NC(=S)N(c2ccc(Oc3ccccc3)cc2)C1=O)OC. The second kappa shape index (κ2) is 9.93. The van der Waals surface area contributed by atoms with Gasteiger partial charge in [0.15, 0.2) is 11.4 Å². The number of carbonyl (C=O) groups is 2. The predicted molar refractivity (Wildman–Crippen MR) is 116 cm³/mol. The summed E-state index contributed by atoms with van der Waals surface area (Å²) in [4.78, 5) is 26.4. The van der Waals surface area contributed by atoms with Gasteiger partial charge in [0, 0.05) is 14.2 Å². The van der Waals surface area contributed by atoms with Crippen LogP contribution in [0.3, 0.4) is 0 Å². The second-order valence-electron chi connectivity index (χ2n) is 6.11. The maximum absolute atomic E-state index is 12.9. The van der Waals surface area contributed by atoms with Crippen molar-refractivity contribution in [3.8, 4) is 11.5 Å². The van der Waals surface area contributed by atoms with Gasteiger partial charge in [-0.05, 0) is 60.8 Å². The maximum atomic E-state index is 12.9. The van der Waals surface area contributed by atoms with Gasteiger partial charge in [-0.2, -0.15) is 0 Å². The Morgan fingerprint density at radius 2 is 1.60 bits per heavy atom. The number of rotatable bonds is 7. The van der Waals surface area contributed by atoms with Crippen LogP contribution in [0.4, 0.5) is 5.69 Å². The first-order valence-corrected chi connectivity index (χ1v) is 9.41. The van der Waals surface area contributed by atoms with Gasteiger partial charge in [-0.3, -0.25) is 19.8 Å². The number of hydrogen-bond acceptors (Lipinski definition) is 6. The van der Waals surface area contributed by atoms with Gasteiger partial charge in [-0.1, -0.05) is 24.3 Å². The third-order valence-electron chi connectivity index (χ3n) is 4.17. The lowest BCUT2D eigenvalue weighted by molar-refractivity contribution is -0.122. The molecule has 3 rings (SSSR count). The minimum absolute atomic E-state index is 0.00881. The van der Waals surface area contributed by atoms with E-state index in [0.29, 0.717) is 17.2 Å². The van der Waals surface area contributed by atoms with Gasteiger partial charge >= 0.3 is 0 Å². The highest BCUT2D eigenvalue weighted by atomic mass is 32.1. The van der Waals surface area contributed by atoms with E-state index in [-0.39, 0.29) is 10.7 Å². The maximum Gasteiger partial charge on any atom is 0.270 e. The fourth-order valence-corrected chi connectivity index (χ4v) is 2.98. The zero-order chi connectivity index (χ0) is 21.5. The summed E-state index contributed by atoms with van der Waals surface area (Å²) in [5, 5.41) is 2.54. The van der Waals surface area contributed by atoms with Crippen LogP contribution in [0.15, 0.2) is 78.4 Å². The minimum atomic E-state index is -0.585. The van der Waals surface area contributed by atoms with Crippen LogP contribution in [0.5, 0.6) is 11.5 Å². The van der Waals surface area contributed by atoms with Gasteiger partial charge in [0.05, 0.1) is 5.69 Å². The van der Waals surface area contributed by atoms with Gasteiger partial charge in [0.1, 0.15) is 17.1 Å². The van der Waals surface area contributed by atoms with Crippen LogP contribution in [0.1, 0.15) is 0 Å². The molecule has 1 heterocycles. The van der Waals surface area contributed by atoms with E-state index < -0.39 is 18.1 Å². The smallest absolute Gasteiger partial charge is 0.270 e. The van der Waals surface area contributed by atoms with Gasteiger partial charge in [0.2, 0.25) is 0 Å². The van der Waals surface area contributed by atoms with Gasteiger partial charge in [-0.15, -0.1) is 0 Å². The van der Waals surface area contributed by atoms with Crippen molar-refractivity contribution in [2.24, 2.45) is 0 Å². The molecule has 8 heteroatoms. The minimum Gasteiger partial charge on any atom is -0.457 e. The molecule has 154 valence electrons. The number of thiocarbonyl (C=S) groups is 1. The molecule has 0 saturated carbocycles. The van der Waals surface area contributed by atoms with E-state index in [2.05, 4.69) is 5.32 Å². The Balaban J connectivity index is 1.79. The molecule has 1 saturated heterocycles. The number of para-hydroxylation sites is 1. The number of anilines is 1. The third kappa shape index (κ3) is 4.98. The molecular formula is C22H20N2O5S. The average molecular weight is 424 g/mol. The molecule has 0 aliphatic carbocycles. The third-order valence-corrected chi connectivity index (χ3v) is 4.46. The van der Waals surface area contributed by atoms with Crippen molar-refractivity contribution in [2.45, 2.75) is 6.29 Å². The van der Waals surface area contributed by atoms with Crippen molar-refractivity contribution in [3.05, 3.63) is 78.4 Å². The summed E-state index contributed by atoms with van der Waals surface area (Å²) in [5.41, 5.74) is 0.447. The summed E-state index contributed by atoms with van der Waals surface area (Å²) in [6.07, 6.45) is 3.90. The number of benzene rings is 2. The first-order valence-electron chi connectivity index (χ1n) is 9.00. The monoisotopic (exact) mass is 424 g/mol. The van der Waals surface area contributed by atoms with E-state index in [1.165, 1.54) is 31.3 Å². The Morgan fingerprint density at radius 1 is 0.967 bits per heavy atom. The standard InChI is InChI=1S/C22H20N2O5S/c1-27-19(28-2)10-6-9-18-20(25)23-22(30)24(21(18)26)15-11-13-17(14-12-15)29-16-7-4-3-5-8-16/h3-14,19H,1-2H3,(H,23,25,30)/b10-6+,18-9+. The van der Waals surface area contributed by atoms with Crippen LogP contribution < -0.4 is 15.0 Å². The van der Waals surface area contributed by atoms with E-state index in [1.54, 1.807) is 30.3 Å². The van der Waals surface area contributed by atoms with Crippen molar-refractivity contribution in [2.75, 3.05) is 19.1 Å². The summed E-state index contributed by atoms with van der Waals surface area (Å²) in [5.74, 6) is 0.204. The first kappa shape index (κ1) is 21.4. The lowest BCUT2D eigenvalue weighted by Crippen LogP contribution is -2.54. The summed E-state index contributed by atoms with van der Waals surface area (Å²) in [6.45, 7) is 0. The van der Waals surface area contributed by atoms with E-state index in [9.17, 15) is 9.59 Å². The molecule has 30 heavy (non-hydrogen) atoms. The summed E-state index contributed by atoms with van der Waals surface area (Å²) in [6, 6.07) is 16.2. The molecule has 0 radical (unpaired) electrons. The molecule has 0 spiro atoms. The molecule has 0 bridgehead atoms. The number of nitrogens with one attached hydrogen (secondary N) is 1.